The molecule has 0 aliphatic heterocycles. The predicted molar refractivity (Wildman–Crippen MR) is 202 cm³/mol. The van der Waals surface area contributed by atoms with Crippen molar-refractivity contribution in [1.82, 2.24) is 0 Å². The van der Waals surface area contributed by atoms with Crippen molar-refractivity contribution in [1.29, 1.82) is 0 Å². The minimum atomic E-state index is -5.44. The zero-order valence-corrected chi connectivity index (χ0v) is 33.8. The summed E-state index contributed by atoms with van der Waals surface area (Å²) in [7, 11) is 0.927. The van der Waals surface area contributed by atoms with Crippen molar-refractivity contribution in [2.75, 3.05) is 18.1 Å². The van der Waals surface area contributed by atoms with Gasteiger partial charge in [-0.15, -0.1) is 0 Å². The Labute approximate surface area is 312 Å². The van der Waals surface area contributed by atoms with E-state index in [4.69, 9.17) is 4.74 Å². The summed E-state index contributed by atoms with van der Waals surface area (Å²) < 4.78 is 70.0. The van der Waals surface area contributed by atoms with Crippen LogP contribution in [0.1, 0.15) is 147 Å². The highest BCUT2D eigenvalue weighted by Gasteiger charge is 2.71. The van der Waals surface area contributed by atoms with Gasteiger partial charge in [-0.2, -0.15) is 33.7 Å². The molecule has 1 aromatic carbocycles. The predicted octanol–water partition coefficient (Wildman–Crippen LogP) is 13.1. The number of hydrogen-bond donors (Lipinski definition) is 1. The quantitative estimate of drug-likeness (QED) is 0.0816. The van der Waals surface area contributed by atoms with Gasteiger partial charge in [0.2, 0.25) is 0 Å². The van der Waals surface area contributed by atoms with E-state index in [1.54, 1.807) is 0 Å². The lowest BCUT2D eigenvalue weighted by Crippen LogP contribution is -2.46. The molecule has 2 radical (unpaired) electrons. The van der Waals surface area contributed by atoms with E-state index in [2.05, 4.69) is 40.3 Å². The first-order valence-corrected chi connectivity index (χ1v) is 22.9. The number of alkyl halides is 5. The van der Waals surface area contributed by atoms with Crippen LogP contribution in [0, 0.1) is 34.5 Å². The van der Waals surface area contributed by atoms with Gasteiger partial charge in [0.15, 0.2) is 0 Å². The molecule has 5 rings (SSSR count). The number of halogens is 5. The molecule has 51 heavy (non-hydrogen) atoms. The summed E-state index contributed by atoms with van der Waals surface area (Å²) in [5, 5.41) is 10.8. The van der Waals surface area contributed by atoms with Crippen LogP contribution in [0.4, 0.5) is 22.0 Å². The average Bonchev–Trinajstić information content (AvgIpc) is 3.85. The van der Waals surface area contributed by atoms with Crippen LogP contribution in [0.2, 0.25) is 11.6 Å². The van der Waals surface area contributed by atoms with Crippen molar-refractivity contribution in [3.05, 3.63) is 29.3 Å². The van der Waals surface area contributed by atoms with Gasteiger partial charge in [0.25, 0.3) is 0 Å². The van der Waals surface area contributed by atoms with Gasteiger partial charge in [-0.05, 0) is 139 Å². The van der Waals surface area contributed by atoms with E-state index in [1.165, 1.54) is 87.1 Å². The molecule has 9 heteroatoms. The van der Waals surface area contributed by atoms with Crippen LogP contribution in [0.3, 0.4) is 0 Å². The summed E-state index contributed by atoms with van der Waals surface area (Å²) >= 11 is 1.49. The molecule has 0 bridgehead atoms. The average molecular weight is 757 g/mol. The second kappa shape index (κ2) is 16.9. The van der Waals surface area contributed by atoms with Gasteiger partial charge in [0, 0.05) is 28.0 Å². The van der Waals surface area contributed by atoms with Gasteiger partial charge >= 0.3 is 12.1 Å². The molecule has 1 aromatic rings. The lowest BCUT2D eigenvalue weighted by molar-refractivity contribution is -0.284. The number of phenolic OH excluding ortho intramolecular Hbond substituents is 1. The number of hydrogen-bond acceptors (Lipinski definition) is 3. The smallest absolute Gasteiger partial charge is 0.453 e. The Morgan fingerprint density at radius 1 is 0.941 bits per heavy atom. The van der Waals surface area contributed by atoms with E-state index in [0.29, 0.717) is 63.1 Å². The monoisotopic (exact) mass is 756 g/mol. The largest absolute Gasteiger partial charge is 0.508 e. The molecular weight excluding hydrogens is 692 g/mol. The first-order chi connectivity index (χ1) is 24.1. The molecule has 1 spiro atoms. The van der Waals surface area contributed by atoms with Crippen LogP contribution < -0.4 is 0 Å². The number of thioether (sulfide) groups is 1. The minimum absolute atomic E-state index is 0.112. The maximum absolute atomic E-state index is 13.0. The summed E-state index contributed by atoms with van der Waals surface area (Å²) in [5.74, 6) is 0.250. The van der Waals surface area contributed by atoms with Gasteiger partial charge in [-0.3, -0.25) is 0 Å². The van der Waals surface area contributed by atoms with Crippen LogP contribution in [-0.4, -0.2) is 50.9 Å². The highest BCUT2D eigenvalue weighted by molar-refractivity contribution is 7.99. The Balaban J connectivity index is 1.10. The van der Waals surface area contributed by atoms with Crippen molar-refractivity contribution in [3.8, 4) is 5.75 Å². The van der Waals surface area contributed by atoms with E-state index >= 15 is 0 Å². The highest BCUT2D eigenvalue weighted by Crippen LogP contribution is 2.77. The summed E-state index contributed by atoms with van der Waals surface area (Å²) in [4.78, 5) is 0. The summed E-state index contributed by atoms with van der Waals surface area (Å²) in [6.07, 6.45) is 11.7. The zero-order valence-electron chi connectivity index (χ0n) is 32.0. The number of fused-ring (bicyclic) bond motifs is 6. The van der Waals surface area contributed by atoms with Gasteiger partial charge in [-0.1, -0.05) is 78.8 Å². The minimum Gasteiger partial charge on any atom is -0.508 e. The maximum Gasteiger partial charge on any atom is 0.453 e. The standard InChI is InChI=1S/C42H65F5O2SSi/c1-29(2)39(4,51-5)22-23-49-36-28-35-37-30(14-11-9-7-6-8-10-12-24-50-25-13-18-41(43,44)42(45,46)47)26-31-27-32(48)15-16-33(31)34(37)17-19-38(35,3)40(36)20-21-40/h15-16,27,29-30,34-37,48H,6-14,17-26,28H2,1-5H3/t30-,34?,35?,36-,37?,38+,39?/m1/s1. The fourth-order valence-electron chi connectivity index (χ4n) is 10.8. The van der Waals surface area contributed by atoms with Crippen molar-refractivity contribution in [2.45, 2.75) is 173 Å². The molecule has 3 fully saturated rings. The third-order valence-electron chi connectivity index (χ3n) is 14.6. The molecule has 4 aliphatic carbocycles. The van der Waals surface area contributed by atoms with E-state index < -0.39 is 18.5 Å². The first kappa shape index (κ1) is 41.4. The molecule has 1 N–H and O–H groups in total. The van der Waals surface area contributed by atoms with E-state index in [9.17, 15) is 27.1 Å². The maximum atomic E-state index is 13.0. The molecule has 4 unspecified atom stereocenters. The summed E-state index contributed by atoms with van der Waals surface area (Å²) in [5.41, 5.74) is 3.59. The Kier molecular flexibility index (Phi) is 13.7. The molecule has 0 amide bonds. The Morgan fingerprint density at radius 2 is 1.61 bits per heavy atom. The Bertz CT molecular complexity index is 1270. The SMILES string of the molecule is C[Si]C(C)(CCO[C@@H]1CC2C3C(CC[C@]2(C)C12CC2)c1ccc(O)cc1C[C@H]3CCCCCCCCCSCCCC(F)(F)C(F)(F)F)C(C)C. The first-order valence-electron chi connectivity index (χ1n) is 20.2. The number of phenols is 1. The van der Waals surface area contributed by atoms with Gasteiger partial charge in [-0.25, -0.2) is 0 Å². The molecule has 0 saturated heterocycles. The number of unbranched alkanes of at least 4 members (excludes halogenated alkanes) is 6. The van der Waals surface area contributed by atoms with E-state index in [-0.39, 0.29) is 6.42 Å². The van der Waals surface area contributed by atoms with E-state index in [1.807, 2.05) is 12.1 Å². The Hall–Kier alpha value is -0.803. The molecule has 290 valence electrons. The van der Waals surface area contributed by atoms with E-state index in [0.717, 1.165) is 54.0 Å². The second-order valence-electron chi connectivity index (χ2n) is 17.6. The Morgan fingerprint density at radius 3 is 2.25 bits per heavy atom. The van der Waals surface area contributed by atoms with Crippen LogP contribution in [0.25, 0.3) is 0 Å². The third-order valence-corrected chi connectivity index (χ3v) is 17.8. The molecule has 0 aromatic heterocycles. The van der Waals surface area contributed by atoms with Gasteiger partial charge < -0.3 is 9.84 Å². The van der Waals surface area contributed by atoms with Crippen LogP contribution in [0.15, 0.2) is 18.2 Å². The van der Waals surface area contributed by atoms with Crippen molar-refractivity contribution in [3.63, 3.8) is 0 Å². The van der Waals surface area contributed by atoms with Crippen molar-refractivity contribution in [2.24, 2.45) is 34.5 Å². The number of rotatable bonds is 20. The van der Waals surface area contributed by atoms with Gasteiger partial charge in [0.1, 0.15) is 5.75 Å². The van der Waals surface area contributed by atoms with Gasteiger partial charge in [0.05, 0.1) is 6.10 Å². The fraction of sp³-hybridized carbons (Fsp3) is 0.857. The number of ether oxygens (including phenoxy) is 1. The third kappa shape index (κ3) is 9.02. The number of benzene rings is 1. The molecule has 0 heterocycles. The van der Waals surface area contributed by atoms with Crippen LogP contribution in [-0.2, 0) is 11.2 Å². The number of aromatic hydroxyl groups is 1. The zero-order chi connectivity index (χ0) is 37.1. The van der Waals surface area contributed by atoms with Crippen molar-refractivity contribution < 1.29 is 31.8 Å². The lowest BCUT2D eigenvalue weighted by atomic mass is 9.50. The lowest BCUT2D eigenvalue weighted by Gasteiger charge is -2.54. The summed E-state index contributed by atoms with van der Waals surface area (Å²) in [6.45, 7) is 13.1. The molecule has 3 saturated carbocycles. The topological polar surface area (TPSA) is 29.5 Å². The molecule has 7 atom stereocenters. The second-order valence-corrected chi connectivity index (χ2v) is 20.5. The molecule has 4 aliphatic rings. The molecule has 2 nitrogen and oxygen atoms in total. The summed E-state index contributed by atoms with van der Waals surface area (Å²) in [6, 6.07) is 6.19. The van der Waals surface area contributed by atoms with Crippen LogP contribution in [0.5, 0.6) is 5.75 Å². The fourth-order valence-corrected chi connectivity index (χ4v) is 12.7. The van der Waals surface area contributed by atoms with Crippen LogP contribution >= 0.6 is 11.8 Å². The normalized spacial score (nSPS) is 29.5. The highest BCUT2D eigenvalue weighted by atomic mass is 32.2. The van der Waals surface area contributed by atoms with Crippen molar-refractivity contribution >= 4 is 21.3 Å². The molecular formula is C42H65F5O2SSi.